The molecule has 2 aromatic rings. The molecule has 1 atom stereocenters. The lowest BCUT2D eigenvalue weighted by molar-refractivity contribution is 0.353. The van der Waals surface area contributed by atoms with Crippen molar-refractivity contribution in [2.45, 2.75) is 11.8 Å². The summed E-state index contributed by atoms with van der Waals surface area (Å²) in [5, 5.41) is -0.251. The second-order valence-corrected chi connectivity index (χ2v) is 5.48. The summed E-state index contributed by atoms with van der Waals surface area (Å²) in [6.07, 6.45) is 0.748. The van der Waals surface area contributed by atoms with Gasteiger partial charge in [0.15, 0.2) is 0 Å². The Balaban J connectivity index is 2.09. The SMILES string of the molecule is Fc1ccc(C(Cl)c2cc(Cl)cc3c2OCC3)c(F)c1. The van der Waals surface area contributed by atoms with Crippen LogP contribution in [0, 0.1) is 11.6 Å². The van der Waals surface area contributed by atoms with Crippen molar-refractivity contribution in [1.82, 2.24) is 0 Å². The Bertz CT molecular complexity index is 673. The Hall–Kier alpha value is -1.32. The van der Waals surface area contributed by atoms with Crippen molar-refractivity contribution in [3.05, 3.63) is 63.7 Å². The quantitative estimate of drug-likeness (QED) is 0.718. The lowest BCUT2D eigenvalue weighted by atomic mass is 10.00. The third-order valence-electron chi connectivity index (χ3n) is 3.29. The summed E-state index contributed by atoms with van der Waals surface area (Å²) in [5.41, 5.74) is 1.77. The van der Waals surface area contributed by atoms with Crippen LogP contribution in [-0.4, -0.2) is 6.61 Å². The van der Waals surface area contributed by atoms with E-state index in [0.29, 0.717) is 22.9 Å². The number of rotatable bonds is 2. The predicted octanol–water partition coefficient (Wildman–Crippen LogP) is 4.88. The Morgan fingerprint density at radius 2 is 1.90 bits per heavy atom. The number of hydrogen-bond acceptors (Lipinski definition) is 1. The lowest BCUT2D eigenvalue weighted by Crippen LogP contribution is -2.00. The molecule has 5 heteroatoms. The summed E-state index contributed by atoms with van der Waals surface area (Å²) in [6, 6.07) is 6.81. The molecule has 1 aliphatic rings. The van der Waals surface area contributed by atoms with E-state index in [0.717, 1.165) is 18.1 Å². The maximum absolute atomic E-state index is 13.8. The molecule has 20 heavy (non-hydrogen) atoms. The zero-order valence-corrected chi connectivity index (χ0v) is 11.8. The third kappa shape index (κ3) is 2.36. The van der Waals surface area contributed by atoms with Gasteiger partial charge in [-0.05, 0) is 23.8 Å². The molecule has 1 nitrogen and oxygen atoms in total. The molecule has 104 valence electrons. The van der Waals surface area contributed by atoms with Gasteiger partial charge in [0.25, 0.3) is 0 Å². The fourth-order valence-corrected chi connectivity index (χ4v) is 2.95. The summed E-state index contributed by atoms with van der Waals surface area (Å²) in [7, 11) is 0. The number of halogens is 4. The third-order valence-corrected chi connectivity index (χ3v) is 3.97. The molecule has 0 N–H and O–H groups in total. The van der Waals surface area contributed by atoms with Gasteiger partial charge in [-0.3, -0.25) is 0 Å². The number of hydrogen-bond donors (Lipinski definition) is 0. The zero-order valence-electron chi connectivity index (χ0n) is 10.3. The molecule has 0 bridgehead atoms. The minimum Gasteiger partial charge on any atom is -0.493 e. The van der Waals surface area contributed by atoms with Crippen LogP contribution in [0.15, 0.2) is 30.3 Å². The first-order valence-corrected chi connectivity index (χ1v) is 6.92. The van der Waals surface area contributed by atoms with E-state index in [-0.39, 0.29) is 5.56 Å². The number of benzene rings is 2. The van der Waals surface area contributed by atoms with E-state index in [1.54, 1.807) is 6.07 Å². The molecule has 3 rings (SSSR count). The molecule has 2 aromatic carbocycles. The van der Waals surface area contributed by atoms with E-state index in [4.69, 9.17) is 27.9 Å². The monoisotopic (exact) mass is 314 g/mol. The minimum absolute atomic E-state index is 0.202. The van der Waals surface area contributed by atoms with E-state index in [2.05, 4.69) is 0 Å². The fraction of sp³-hybridized carbons (Fsp3) is 0.200. The molecule has 1 heterocycles. The van der Waals surface area contributed by atoms with Gasteiger partial charge in [0.05, 0.1) is 12.0 Å². The molecule has 0 spiro atoms. The summed E-state index contributed by atoms with van der Waals surface area (Å²) >= 11 is 12.4. The van der Waals surface area contributed by atoms with Gasteiger partial charge in [-0.25, -0.2) is 8.78 Å². The fourth-order valence-electron chi connectivity index (χ4n) is 2.36. The van der Waals surface area contributed by atoms with Crippen molar-refractivity contribution in [3.63, 3.8) is 0 Å². The van der Waals surface area contributed by atoms with Crippen LogP contribution in [0.25, 0.3) is 0 Å². The first-order valence-electron chi connectivity index (χ1n) is 6.10. The maximum atomic E-state index is 13.8. The van der Waals surface area contributed by atoms with Crippen LogP contribution in [0.1, 0.15) is 22.1 Å². The molecule has 0 radical (unpaired) electrons. The van der Waals surface area contributed by atoms with Crippen molar-refractivity contribution < 1.29 is 13.5 Å². The van der Waals surface area contributed by atoms with Gasteiger partial charge < -0.3 is 4.74 Å². The Labute approximate surface area is 125 Å². The normalized spacial score (nSPS) is 14.8. The van der Waals surface area contributed by atoms with E-state index in [9.17, 15) is 8.78 Å². The number of fused-ring (bicyclic) bond motifs is 1. The maximum Gasteiger partial charge on any atom is 0.131 e. The second-order valence-electron chi connectivity index (χ2n) is 4.61. The molecule has 0 fully saturated rings. The molecule has 0 aromatic heterocycles. The van der Waals surface area contributed by atoms with Crippen LogP contribution in [0.3, 0.4) is 0 Å². The van der Waals surface area contributed by atoms with E-state index < -0.39 is 17.0 Å². The highest BCUT2D eigenvalue weighted by atomic mass is 35.5. The predicted molar refractivity (Wildman–Crippen MR) is 74.7 cm³/mol. The Morgan fingerprint density at radius 1 is 1.10 bits per heavy atom. The summed E-state index contributed by atoms with van der Waals surface area (Å²) in [4.78, 5) is 0. The molecular formula is C15H10Cl2F2O. The van der Waals surface area contributed by atoms with Crippen LogP contribution in [0.4, 0.5) is 8.78 Å². The Morgan fingerprint density at radius 3 is 2.65 bits per heavy atom. The van der Waals surface area contributed by atoms with Crippen molar-refractivity contribution in [1.29, 1.82) is 0 Å². The highest BCUT2D eigenvalue weighted by Crippen LogP contribution is 2.42. The average molecular weight is 315 g/mol. The lowest BCUT2D eigenvalue weighted by Gasteiger charge is -2.15. The summed E-state index contributed by atoms with van der Waals surface area (Å²) < 4.78 is 32.4. The van der Waals surface area contributed by atoms with Gasteiger partial charge in [-0.2, -0.15) is 0 Å². The largest absolute Gasteiger partial charge is 0.493 e. The average Bonchev–Trinajstić information content (AvgIpc) is 2.85. The van der Waals surface area contributed by atoms with Gasteiger partial charge in [0.2, 0.25) is 0 Å². The van der Waals surface area contributed by atoms with Gasteiger partial charge in [-0.15, -0.1) is 11.6 Å². The standard InChI is InChI=1S/C15H10Cl2F2O/c16-9-5-8-3-4-20-15(8)12(6-9)14(17)11-2-1-10(18)7-13(11)19/h1-2,5-7,14H,3-4H2. The highest BCUT2D eigenvalue weighted by molar-refractivity contribution is 6.31. The van der Waals surface area contributed by atoms with Crippen LogP contribution in [-0.2, 0) is 6.42 Å². The van der Waals surface area contributed by atoms with Crippen molar-refractivity contribution in [2.24, 2.45) is 0 Å². The van der Waals surface area contributed by atoms with Gasteiger partial charge in [0, 0.05) is 28.6 Å². The smallest absolute Gasteiger partial charge is 0.131 e. The first kappa shape index (κ1) is 13.7. The minimum atomic E-state index is -0.777. The van der Waals surface area contributed by atoms with Crippen molar-refractivity contribution >= 4 is 23.2 Å². The van der Waals surface area contributed by atoms with Crippen LogP contribution >= 0.6 is 23.2 Å². The first-order chi connectivity index (χ1) is 9.56. The summed E-state index contributed by atoms with van der Waals surface area (Å²) in [5.74, 6) is -0.669. The molecule has 1 unspecified atom stereocenters. The van der Waals surface area contributed by atoms with Crippen molar-refractivity contribution in [3.8, 4) is 5.75 Å². The van der Waals surface area contributed by atoms with Gasteiger partial charge in [-0.1, -0.05) is 17.7 Å². The Kier molecular flexibility index (Phi) is 3.57. The number of ether oxygens (including phenoxy) is 1. The van der Waals surface area contributed by atoms with E-state index >= 15 is 0 Å². The van der Waals surface area contributed by atoms with Crippen LogP contribution < -0.4 is 4.74 Å². The molecule has 0 saturated heterocycles. The highest BCUT2D eigenvalue weighted by Gasteiger charge is 2.25. The van der Waals surface area contributed by atoms with Gasteiger partial charge in [0.1, 0.15) is 17.4 Å². The van der Waals surface area contributed by atoms with Crippen molar-refractivity contribution in [2.75, 3.05) is 6.61 Å². The molecule has 0 saturated carbocycles. The molecule has 1 aliphatic heterocycles. The van der Waals surface area contributed by atoms with Crippen LogP contribution in [0.2, 0.25) is 5.02 Å². The second kappa shape index (κ2) is 5.23. The number of alkyl halides is 1. The molecule has 0 amide bonds. The van der Waals surface area contributed by atoms with Crippen LogP contribution in [0.5, 0.6) is 5.75 Å². The molecular weight excluding hydrogens is 305 g/mol. The topological polar surface area (TPSA) is 9.23 Å². The summed E-state index contributed by atoms with van der Waals surface area (Å²) in [6.45, 7) is 0.554. The van der Waals surface area contributed by atoms with Gasteiger partial charge >= 0.3 is 0 Å². The van der Waals surface area contributed by atoms with E-state index in [1.165, 1.54) is 12.1 Å². The zero-order chi connectivity index (χ0) is 14.3. The molecule has 0 aliphatic carbocycles. The van der Waals surface area contributed by atoms with E-state index in [1.807, 2.05) is 6.07 Å².